The largest absolute Gasteiger partial charge is 0.350 e. The molecule has 0 spiro atoms. The molecule has 94 valence electrons. The van der Waals surface area contributed by atoms with Crippen LogP contribution in [0.25, 0.3) is 0 Å². The topological polar surface area (TPSA) is 67.2 Å². The molecule has 1 saturated carbocycles. The fourth-order valence-electron chi connectivity index (χ4n) is 2.11. The molecule has 0 radical (unpaired) electrons. The zero-order chi connectivity index (χ0) is 12.2. The van der Waals surface area contributed by atoms with Crippen LogP contribution in [-0.4, -0.2) is 30.1 Å². The van der Waals surface area contributed by atoms with Gasteiger partial charge >= 0.3 is 0 Å². The third-order valence-electron chi connectivity index (χ3n) is 2.78. The van der Waals surface area contributed by atoms with Crippen LogP contribution in [0.1, 0.15) is 46.5 Å². The summed E-state index contributed by atoms with van der Waals surface area (Å²) < 4.78 is 0. The molecule has 0 bridgehead atoms. The lowest BCUT2D eigenvalue weighted by Gasteiger charge is -2.28. The van der Waals surface area contributed by atoms with E-state index in [1.807, 2.05) is 20.8 Å². The normalized spacial score (nSPS) is 26.5. The summed E-state index contributed by atoms with van der Waals surface area (Å²) in [7, 11) is 0. The first-order valence-corrected chi connectivity index (χ1v) is 6.17. The minimum Gasteiger partial charge on any atom is -0.350 e. The van der Waals surface area contributed by atoms with Crippen molar-refractivity contribution in [2.75, 3.05) is 6.54 Å². The maximum absolute atomic E-state index is 11.6. The Hall–Kier alpha value is -0.610. The summed E-state index contributed by atoms with van der Waals surface area (Å²) in [5, 5.41) is 6.22. The highest BCUT2D eigenvalue weighted by atomic mass is 16.2. The molecule has 2 unspecified atom stereocenters. The van der Waals surface area contributed by atoms with Gasteiger partial charge in [-0.2, -0.15) is 0 Å². The fraction of sp³-hybridized carbons (Fsp3) is 0.917. The molecule has 1 fully saturated rings. The Bertz CT molecular complexity index is 235. The number of amides is 1. The van der Waals surface area contributed by atoms with Crippen molar-refractivity contribution >= 4 is 5.91 Å². The predicted molar refractivity (Wildman–Crippen MR) is 66.1 cm³/mol. The Kier molecular flexibility index (Phi) is 4.74. The number of hydrogen-bond donors (Lipinski definition) is 3. The molecule has 1 aliphatic carbocycles. The fourth-order valence-corrected chi connectivity index (χ4v) is 2.11. The van der Waals surface area contributed by atoms with Crippen molar-refractivity contribution in [3.8, 4) is 0 Å². The van der Waals surface area contributed by atoms with E-state index in [1.165, 1.54) is 6.42 Å². The molecule has 2 atom stereocenters. The van der Waals surface area contributed by atoms with E-state index in [1.54, 1.807) is 0 Å². The summed E-state index contributed by atoms with van der Waals surface area (Å²) >= 11 is 0. The Labute approximate surface area is 98.3 Å². The molecular weight excluding hydrogens is 202 g/mol. The Balaban J connectivity index is 2.21. The van der Waals surface area contributed by atoms with E-state index in [2.05, 4.69) is 10.6 Å². The molecule has 0 saturated heterocycles. The van der Waals surface area contributed by atoms with Crippen molar-refractivity contribution in [1.82, 2.24) is 10.6 Å². The summed E-state index contributed by atoms with van der Waals surface area (Å²) in [5.74, 6) is 0.0617. The van der Waals surface area contributed by atoms with Crippen LogP contribution in [0.4, 0.5) is 0 Å². The first-order valence-electron chi connectivity index (χ1n) is 6.17. The Morgan fingerprint density at radius 2 is 2.06 bits per heavy atom. The van der Waals surface area contributed by atoms with Crippen LogP contribution in [0.15, 0.2) is 0 Å². The lowest BCUT2D eigenvalue weighted by molar-refractivity contribution is -0.121. The first-order chi connectivity index (χ1) is 7.37. The standard InChI is InChI=1S/C12H25N3O/c1-12(2,3)15-11(16)8-14-10-6-4-5-9(13)7-10/h9-10,14H,4-8,13H2,1-3H3,(H,15,16). The van der Waals surface area contributed by atoms with E-state index in [0.717, 1.165) is 19.3 Å². The number of rotatable bonds is 3. The van der Waals surface area contributed by atoms with Gasteiger partial charge in [-0.3, -0.25) is 4.79 Å². The molecule has 0 aliphatic heterocycles. The molecule has 16 heavy (non-hydrogen) atoms. The lowest BCUT2D eigenvalue weighted by atomic mass is 9.92. The van der Waals surface area contributed by atoms with Crippen molar-refractivity contribution in [3.63, 3.8) is 0 Å². The summed E-state index contributed by atoms with van der Waals surface area (Å²) in [5.41, 5.74) is 5.74. The number of hydrogen-bond acceptors (Lipinski definition) is 3. The summed E-state index contributed by atoms with van der Waals surface area (Å²) in [4.78, 5) is 11.6. The van der Waals surface area contributed by atoms with E-state index in [-0.39, 0.29) is 11.4 Å². The van der Waals surface area contributed by atoms with Gasteiger partial charge in [0.05, 0.1) is 6.54 Å². The van der Waals surface area contributed by atoms with Crippen LogP contribution in [0.2, 0.25) is 0 Å². The van der Waals surface area contributed by atoms with Crippen LogP contribution >= 0.6 is 0 Å². The van der Waals surface area contributed by atoms with Gasteiger partial charge in [-0.1, -0.05) is 6.42 Å². The molecule has 0 aromatic carbocycles. The third-order valence-corrected chi connectivity index (χ3v) is 2.78. The van der Waals surface area contributed by atoms with Crippen molar-refractivity contribution in [2.24, 2.45) is 5.73 Å². The highest BCUT2D eigenvalue weighted by Crippen LogP contribution is 2.16. The van der Waals surface area contributed by atoms with Crippen molar-refractivity contribution in [2.45, 2.75) is 64.1 Å². The van der Waals surface area contributed by atoms with Crippen LogP contribution in [0.5, 0.6) is 0 Å². The van der Waals surface area contributed by atoms with Gasteiger partial charge in [0.25, 0.3) is 0 Å². The van der Waals surface area contributed by atoms with Crippen molar-refractivity contribution in [3.05, 3.63) is 0 Å². The monoisotopic (exact) mass is 227 g/mol. The maximum atomic E-state index is 11.6. The molecule has 4 N–H and O–H groups in total. The van der Waals surface area contributed by atoms with E-state index in [0.29, 0.717) is 18.6 Å². The number of carbonyl (C=O) groups excluding carboxylic acids is 1. The van der Waals surface area contributed by atoms with Gasteiger partial charge < -0.3 is 16.4 Å². The second kappa shape index (κ2) is 5.64. The summed E-state index contributed by atoms with van der Waals surface area (Å²) in [6.45, 7) is 6.36. The van der Waals surface area contributed by atoms with E-state index in [9.17, 15) is 4.79 Å². The first kappa shape index (κ1) is 13.5. The second-order valence-corrected chi connectivity index (χ2v) is 5.80. The zero-order valence-corrected chi connectivity index (χ0v) is 10.7. The Morgan fingerprint density at radius 3 is 2.62 bits per heavy atom. The van der Waals surface area contributed by atoms with Crippen molar-refractivity contribution < 1.29 is 4.79 Å². The number of nitrogens with two attached hydrogens (primary N) is 1. The average Bonchev–Trinajstić information content (AvgIpc) is 2.12. The number of nitrogens with one attached hydrogen (secondary N) is 2. The quantitative estimate of drug-likeness (QED) is 0.667. The molecule has 1 aliphatic rings. The molecule has 4 nitrogen and oxygen atoms in total. The minimum atomic E-state index is -0.151. The van der Waals surface area contributed by atoms with Crippen LogP contribution < -0.4 is 16.4 Å². The molecule has 4 heteroatoms. The lowest BCUT2D eigenvalue weighted by Crippen LogP contribution is -2.48. The van der Waals surface area contributed by atoms with Crippen LogP contribution in [0, 0.1) is 0 Å². The summed E-state index contributed by atoms with van der Waals surface area (Å²) in [6.07, 6.45) is 4.41. The van der Waals surface area contributed by atoms with Gasteiger partial charge in [0.15, 0.2) is 0 Å². The Morgan fingerprint density at radius 1 is 1.38 bits per heavy atom. The molecular formula is C12H25N3O. The van der Waals surface area contributed by atoms with Gasteiger partial charge in [0.2, 0.25) is 5.91 Å². The van der Waals surface area contributed by atoms with E-state index >= 15 is 0 Å². The highest BCUT2D eigenvalue weighted by molar-refractivity contribution is 5.78. The van der Waals surface area contributed by atoms with Crippen LogP contribution in [0.3, 0.4) is 0 Å². The van der Waals surface area contributed by atoms with E-state index < -0.39 is 0 Å². The van der Waals surface area contributed by atoms with Gasteiger partial charge in [-0.05, 0) is 40.0 Å². The summed E-state index contributed by atoms with van der Waals surface area (Å²) in [6, 6.07) is 0.714. The smallest absolute Gasteiger partial charge is 0.234 e. The van der Waals surface area contributed by atoms with E-state index in [4.69, 9.17) is 5.73 Å². The average molecular weight is 227 g/mol. The SMILES string of the molecule is CC(C)(C)NC(=O)CNC1CCCC(N)C1. The molecule has 1 amide bonds. The molecule has 0 aromatic rings. The molecule has 0 aromatic heterocycles. The third kappa shape index (κ3) is 5.47. The van der Waals surface area contributed by atoms with Gasteiger partial charge in [0, 0.05) is 17.6 Å². The minimum absolute atomic E-state index is 0.0617. The second-order valence-electron chi connectivity index (χ2n) is 5.80. The predicted octanol–water partition coefficient (Wildman–Crippen LogP) is 0.761. The van der Waals surface area contributed by atoms with Gasteiger partial charge in [-0.15, -0.1) is 0 Å². The molecule has 0 heterocycles. The van der Waals surface area contributed by atoms with Gasteiger partial charge in [0.1, 0.15) is 0 Å². The van der Waals surface area contributed by atoms with Crippen molar-refractivity contribution in [1.29, 1.82) is 0 Å². The van der Waals surface area contributed by atoms with Gasteiger partial charge in [-0.25, -0.2) is 0 Å². The zero-order valence-electron chi connectivity index (χ0n) is 10.7. The van der Waals surface area contributed by atoms with Crippen LogP contribution in [-0.2, 0) is 4.79 Å². The maximum Gasteiger partial charge on any atom is 0.234 e. The highest BCUT2D eigenvalue weighted by Gasteiger charge is 2.20. The molecule has 1 rings (SSSR count). The number of carbonyl (C=O) groups is 1.